The van der Waals surface area contributed by atoms with E-state index in [1.807, 2.05) is 0 Å². The van der Waals surface area contributed by atoms with Crippen molar-refractivity contribution >= 4 is 44.4 Å². The van der Waals surface area contributed by atoms with Crippen LogP contribution in [0.1, 0.15) is 5.82 Å². The average molecular weight is 323 g/mol. The molecule has 0 bridgehead atoms. The molecule has 1 N–H and O–H groups in total. The minimum atomic E-state index is -3.22. The van der Waals surface area contributed by atoms with Gasteiger partial charge in [0, 0.05) is 19.3 Å². The summed E-state index contributed by atoms with van der Waals surface area (Å²) in [5, 5.41) is 0.493. The molecule has 0 fully saturated rings. The molecule has 0 unspecified atom stereocenters. The van der Waals surface area contributed by atoms with Gasteiger partial charge in [0.25, 0.3) is 0 Å². The first-order valence-electron chi connectivity index (χ1n) is 5.42. The summed E-state index contributed by atoms with van der Waals surface area (Å²) < 4.78 is 26.2. The van der Waals surface area contributed by atoms with Crippen LogP contribution in [0, 0.1) is 0 Å². The molecule has 104 valence electrons. The fourth-order valence-corrected chi connectivity index (χ4v) is 2.53. The lowest BCUT2D eigenvalue weighted by Crippen LogP contribution is -2.26. The van der Waals surface area contributed by atoms with E-state index in [2.05, 4.69) is 14.7 Å². The van der Waals surface area contributed by atoms with Crippen molar-refractivity contribution in [3.63, 3.8) is 0 Å². The second-order valence-corrected chi connectivity index (χ2v) is 6.51. The number of hydrogen-bond donors (Lipinski definition) is 1. The lowest BCUT2D eigenvalue weighted by Gasteiger charge is -2.07. The molecule has 0 aromatic carbocycles. The van der Waals surface area contributed by atoms with Crippen molar-refractivity contribution in [3.8, 4) is 0 Å². The van der Waals surface area contributed by atoms with E-state index in [0.717, 1.165) is 6.26 Å². The fourth-order valence-electron chi connectivity index (χ4n) is 1.71. The van der Waals surface area contributed by atoms with Gasteiger partial charge in [-0.15, -0.1) is 11.6 Å². The Kier molecular flexibility index (Phi) is 4.29. The van der Waals surface area contributed by atoms with Gasteiger partial charge in [-0.1, -0.05) is 11.6 Å². The monoisotopic (exact) mass is 322 g/mol. The molecule has 2 rings (SSSR count). The van der Waals surface area contributed by atoms with Crippen LogP contribution in [0.3, 0.4) is 0 Å². The van der Waals surface area contributed by atoms with Crippen LogP contribution in [0.5, 0.6) is 0 Å². The Morgan fingerprint density at radius 2 is 2.21 bits per heavy atom. The second kappa shape index (κ2) is 5.62. The maximum absolute atomic E-state index is 11.0. The van der Waals surface area contributed by atoms with Crippen LogP contribution in [0.25, 0.3) is 11.2 Å². The third-order valence-electron chi connectivity index (χ3n) is 2.45. The van der Waals surface area contributed by atoms with E-state index in [4.69, 9.17) is 23.2 Å². The Bertz CT molecular complexity index is 699. The molecule has 0 amide bonds. The Morgan fingerprint density at radius 3 is 2.84 bits per heavy atom. The quantitative estimate of drug-likeness (QED) is 0.843. The van der Waals surface area contributed by atoms with E-state index in [1.165, 1.54) is 6.20 Å². The molecule has 19 heavy (non-hydrogen) atoms. The Balaban J connectivity index is 2.30. The predicted molar refractivity (Wildman–Crippen MR) is 74.9 cm³/mol. The van der Waals surface area contributed by atoms with Gasteiger partial charge < -0.3 is 4.57 Å². The van der Waals surface area contributed by atoms with E-state index in [-0.39, 0.29) is 12.4 Å². The normalized spacial score (nSPS) is 12.2. The van der Waals surface area contributed by atoms with Gasteiger partial charge in [0.05, 0.1) is 17.2 Å². The first kappa shape index (κ1) is 14.5. The first-order valence-corrected chi connectivity index (χ1v) is 8.22. The number of imidazole rings is 1. The number of nitrogens with zero attached hydrogens (tertiary/aromatic N) is 3. The van der Waals surface area contributed by atoms with Crippen LogP contribution in [0.2, 0.25) is 5.02 Å². The summed E-state index contributed by atoms with van der Waals surface area (Å²) in [6, 6.07) is 1.69. The number of aromatic nitrogens is 3. The van der Waals surface area contributed by atoms with Crippen molar-refractivity contribution in [3.05, 3.63) is 23.1 Å². The number of fused-ring (bicyclic) bond motifs is 1. The third kappa shape index (κ3) is 3.56. The molecule has 6 nitrogen and oxygen atoms in total. The lowest BCUT2D eigenvalue weighted by molar-refractivity contribution is 0.578. The van der Waals surface area contributed by atoms with E-state index in [1.54, 1.807) is 10.6 Å². The van der Waals surface area contributed by atoms with Crippen LogP contribution in [0.15, 0.2) is 12.3 Å². The van der Waals surface area contributed by atoms with Crippen LogP contribution in [0.4, 0.5) is 0 Å². The summed E-state index contributed by atoms with van der Waals surface area (Å²) in [6.45, 7) is 0.652. The molecule has 2 aromatic heterocycles. The molecular formula is C10H12Cl2N4O2S. The Morgan fingerprint density at radius 1 is 1.47 bits per heavy atom. The minimum Gasteiger partial charge on any atom is -0.310 e. The third-order valence-corrected chi connectivity index (χ3v) is 3.62. The number of rotatable bonds is 5. The number of pyridine rings is 1. The number of sulfonamides is 1. The number of nitrogens with one attached hydrogen (secondary N) is 1. The molecule has 2 heterocycles. The highest BCUT2D eigenvalue weighted by molar-refractivity contribution is 7.88. The van der Waals surface area contributed by atoms with Crippen LogP contribution in [-0.2, 0) is 22.4 Å². The summed E-state index contributed by atoms with van der Waals surface area (Å²) in [7, 11) is -3.22. The van der Waals surface area contributed by atoms with E-state index in [9.17, 15) is 8.42 Å². The zero-order chi connectivity index (χ0) is 14.0. The molecule has 0 atom stereocenters. The minimum absolute atomic E-state index is 0.215. The molecule has 0 spiro atoms. The van der Waals surface area contributed by atoms with Crippen molar-refractivity contribution in [2.45, 2.75) is 12.4 Å². The Hall–Kier alpha value is -0.890. The molecule has 0 aliphatic rings. The highest BCUT2D eigenvalue weighted by Gasteiger charge is 2.12. The number of alkyl halides is 1. The Labute approximate surface area is 120 Å². The maximum Gasteiger partial charge on any atom is 0.208 e. The van der Waals surface area contributed by atoms with Gasteiger partial charge in [-0.3, -0.25) is 0 Å². The summed E-state index contributed by atoms with van der Waals surface area (Å²) in [5.41, 5.74) is 1.28. The summed E-state index contributed by atoms with van der Waals surface area (Å²) in [4.78, 5) is 8.51. The topological polar surface area (TPSA) is 76.9 Å². The highest BCUT2D eigenvalue weighted by Crippen LogP contribution is 2.18. The zero-order valence-corrected chi connectivity index (χ0v) is 12.4. The van der Waals surface area contributed by atoms with Crippen LogP contribution in [-0.4, -0.2) is 35.8 Å². The van der Waals surface area contributed by atoms with E-state index < -0.39 is 10.0 Å². The summed E-state index contributed by atoms with van der Waals surface area (Å²) in [5.74, 6) is 0.842. The second-order valence-electron chi connectivity index (χ2n) is 3.98. The van der Waals surface area contributed by atoms with Gasteiger partial charge in [-0.05, 0) is 6.07 Å². The van der Waals surface area contributed by atoms with Gasteiger partial charge in [0.15, 0.2) is 5.65 Å². The fraction of sp³-hybridized carbons (Fsp3) is 0.400. The van der Waals surface area contributed by atoms with Crippen LogP contribution >= 0.6 is 23.2 Å². The van der Waals surface area contributed by atoms with Gasteiger partial charge >= 0.3 is 0 Å². The molecule has 0 saturated carbocycles. The van der Waals surface area contributed by atoms with Gasteiger partial charge in [0.1, 0.15) is 11.3 Å². The van der Waals surface area contributed by atoms with Crippen molar-refractivity contribution in [1.82, 2.24) is 19.3 Å². The zero-order valence-electron chi connectivity index (χ0n) is 10.1. The number of hydrogen-bond acceptors (Lipinski definition) is 4. The molecule has 9 heteroatoms. The van der Waals surface area contributed by atoms with Crippen molar-refractivity contribution < 1.29 is 8.42 Å². The predicted octanol–water partition coefficient (Wildman–Crippen LogP) is 1.37. The molecular weight excluding hydrogens is 311 g/mol. The van der Waals surface area contributed by atoms with Crippen LogP contribution < -0.4 is 4.72 Å². The molecule has 0 aliphatic carbocycles. The SMILES string of the molecule is CS(=O)(=O)NCCn1c(CCl)nc2cc(Cl)cnc21. The van der Waals surface area contributed by atoms with Crippen molar-refractivity contribution in [2.75, 3.05) is 12.8 Å². The van der Waals surface area contributed by atoms with Crippen molar-refractivity contribution in [1.29, 1.82) is 0 Å². The maximum atomic E-state index is 11.0. The van der Waals surface area contributed by atoms with Gasteiger partial charge in [-0.2, -0.15) is 0 Å². The molecule has 0 saturated heterocycles. The average Bonchev–Trinajstić information content (AvgIpc) is 2.65. The largest absolute Gasteiger partial charge is 0.310 e. The molecule has 2 aromatic rings. The first-order chi connectivity index (χ1) is 8.90. The lowest BCUT2D eigenvalue weighted by atomic mass is 10.4. The number of halogens is 2. The van der Waals surface area contributed by atoms with Gasteiger partial charge in [-0.25, -0.2) is 23.1 Å². The molecule has 0 aliphatic heterocycles. The van der Waals surface area contributed by atoms with E-state index in [0.29, 0.717) is 28.6 Å². The highest BCUT2D eigenvalue weighted by atomic mass is 35.5. The van der Waals surface area contributed by atoms with Gasteiger partial charge in [0.2, 0.25) is 10.0 Å². The smallest absolute Gasteiger partial charge is 0.208 e. The standard InChI is InChI=1S/C10H12Cl2N4O2S/c1-19(17,18)14-2-3-16-9(5-11)15-8-4-7(12)6-13-10(8)16/h4,6,14H,2-3,5H2,1H3. The summed E-state index contributed by atoms with van der Waals surface area (Å²) >= 11 is 11.7. The summed E-state index contributed by atoms with van der Waals surface area (Å²) in [6.07, 6.45) is 2.63. The molecule has 0 radical (unpaired) electrons. The van der Waals surface area contributed by atoms with Crippen molar-refractivity contribution in [2.24, 2.45) is 0 Å². The van der Waals surface area contributed by atoms with E-state index >= 15 is 0 Å².